The van der Waals surface area contributed by atoms with Gasteiger partial charge in [-0.05, 0) is 17.7 Å². The first-order valence-electron chi connectivity index (χ1n) is 4.06. The molecule has 0 aliphatic heterocycles. The predicted octanol–water partition coefficient (Wildman–Crippen LogP) is 1.61. The van der Waals surface area contributed by atoms with Gasteiger partial charge in [-0.25, -0.2) is 18.0 Å². The van der Waals surface area contributed by atoms with E-state index in [0.717, 1.165) is 17.0 Å². The molecule has 0 aliphatic carbocycles. The van der Waals surface area contributed by atoms with Gasteiger partial charge < -0.3 is 10.6 Å². The lowest BCUT2D eigenvalue weighted by atomic mass is 10.2. The van der Waals surface area contributed by atoms with E-state index in [2.05, 4.69) is 0 Å². The summed E-state index contributed by atoms with van der Waals surface area (Å²) in [5.41, 5.74) is 5.05. The minimum atomic E-state index is -1.53. The number of rotatable bonds is 2. The van der Waals surface area contributed by atoms with Gasteiger partial charge in [0, 0.05) is 13.6 Å². The van der Waals surface area contributed by atoms with Crippen molar-refractivity contribution in [2.24, 2.45) is 5.73 Å². The van der Waals surface area contributed by atoms with Crippen molar-refractivity contribution in [2.75, 3.05) is 7.05 Å². The van der Waals surface area contributed by atoms with E-state index in [9.17, 15) is 18.0 Å². The molecule has 0 spiro atoms. The Labute approximate surface area is 84.3 Å². The number of amides is 2. The molecular formula is C9H9F3N2O. The highest BCUT2D eigenvalue weighted by molar-refractivity contribution is 5.71. The number of halogens is 3. The Morgan fingerprint density at radius 2 is 1.80 bits per heavy atom. The molecule has 0 radical (unpaired) electrons. The second-order valence-corrected chi connectivity index (χ2v) is 3.07. The summed E-state index contributed by atoms with van der Waals surface area (Å²) >= 11 is 0. The van der Waals surface area contributed by atoms with Crippen LogP contribution in [0, 0.1) is 17.5 Å². The van der Waals surface area contributed by atoms with Gasteiger partial charge in [0.1, 0.15) is 0 Å². The summed E-state index contributed by atoms with van der Waals surface area (Å²) in [7, 11) is 1.36. The van der Waals surface area contributed by atoms with Crippen molar-refractivity contribution in [3.63, 3.8) is 0 Å². The molecule has 1 aromatic rings. The molecule has 0 heterocycles. The van der Waals surface area contributed by atoms with Gasteiger partial charge in [-0.2, -0.15) is 0 Å². The molecule has 0 saturated heterocycles. The molecule has 0 bridgehead atoms. The van der Waals surface area contributed by atoms with E-state index >= 15 is 0 Å². The topological polar surface area (TPSA) is 46.3 Å². The summed E-state index contributed by atoms with van der Waals surface area (Å²) in [6.45, 7) is -0.0799. The molecule has 0 fully saturated rings. The highest BCUT2D eigenvalue weighted by Crippen LogP contribution is 2.14. The van der Waals surface area contributed by atoms with Crippen molar-refractivity contribution >= 4 is 6.03 Å². The number of nitrogens with two attached hydrogens (primary N) is 1. The summed E-state index contributed by atoms with van der Waals surface area (Å²) in [5, 5.41) is 0. The summed E-state index contributed by atoms with van der Waals surface area (Å²) in [6.07, 6.45) is 0. The van der Waals surface area contributed by atoms with E-state index in [1.807, 2.05) is 0 Å². The third kappa shape index (κ3) is 2.61. The number of carbonyl (C=O) groups excluding carboxylic acids is 1. The number of hydrogen-bond acceptors (Lipinski definition) is 1. The lowest BCUT2D eigenvalue weighted by molar-refractivity contribution is 0.216. The van der Waals surface area contributed by atoms with Crippen molar-refractivity contribution in [3.05, 3.63) is 35.1 Å². The molecule has 0 aliphatic rings. The van der Waals surface area contributed by atoms with Crippen LogP contribution in [0.1, 0.15) is 5.56 Å². The molecule has 2 N–H and O–H groups in total. The van der Waals surface area contributed by atoms with Gasteiger partial charge in [0.05, 0.1) is 0 Å². The van der Waals surface area contributed by atoms with Gasteiger partial charge in [-0.15, -0.1) is 0 Å². The summed E-state index contributed by atoms with van der Waals surface area (Å²) in [4.78, 5) is 11.7. The zero-order chi connectivity index (χ0) is 11.6. The maximum absolute atomic E-state index is 12.7. The van der Waals surface area contributed by atoms with E-state index in [1.165, 1.54) is 7.05 Å². The standard InChI is InChI=1S/C9H9F3N2O/c1-14(9(13)15)4-5-2-6(10)8(12)7(11)3-5/h2-3H,4H2,1H3,(H2,13,15). The second-order valence-electron chi connectivity index (χ2n) is 3.07. The molecular weight excluding hydrogens is 209 g/mol. The van der Waals surface area contributed by atoms with Crippen LogP contribution in [0.15, 0.2) is 12.1 Å². The molecule has 15 heavy (non-hydrogen) atoms. The quantitative estimate of drug-likeness (QED) is 0.753. The fourth-order valence-electron chi connectivity index (χ4n) is 1.05. The number of nitrogens with zero attached hydrogens (tertiary/aromatic N) is 1. The average Bonchev–Trinajstić information content (AvgIpc) is 2.13. The molecule has 0 atom stereocenters. The largest absolute Gasteiger partial charge is 0.351 e. The van der Waals surface area contributed by atoms with Crippen molar-refractivity contribution in [1.29, 1.82) is 0 Å². The highest BCUT2D eigenvalue weighted by atomic mass is 19.2. The van der Waals surface area contributed by atoms with Crippen LogP contribution in [0.25, 0.3) is 0 Å². The van der Waals surface area contributed by atoms with Crippen LogP contribution in [0.5, 0.6) is 0 Å². The molecule has 0 unspecified atom stereocenters. The number of carbonyl (C=O) groups is 1. The monoisotopic (exact) mass is 218 g/mol. The van der Waals surface area contributed by atoms with Crippen molar-refractivity contribution < 1.29 is 18.0 Å². The third-order valence-corrected chi connectivity index (χ3v) is 1.84. The summed E-state index contributed by atoms with van der Waals surface area (Å²) in [5.74, 6) is -4.11. The first-order chi connectivity index (χ1) is 6.91. The number of urea groups is 1. The molecule has 1 aromatic carbocycles. The van der Waals surface area contributed by atoms with E-state index < -0.39 is 23.5 Å². The smallest absolute Gasteiger partial charge is 0.314 e. The van der Waals surface area contributed by atoms with Gasteiger partial charge in [-0.3, -0.25) is 0 Å². The van der Waals surface area contributed by atoms with Crippen molar-refractivity contribution in [2.45, 2.75) is 6.54 Å². The predicted molar refractivity (Wildman–Crippen MR) is 47.4 cm³/mol. The fraction of sp³-hybridized carbons (Fsp3) is 0.222. The van der Waals surface area contributed by atoms with E-state index in [0.29, 0.717) is 0 Å². The van der Waals surface area contributed by atoms with Crippen LogP contribution in [-0.4, -0.2) is 18.0 Å². The second kappa shape index (κ2) is 4.20. The molecule has 1 rings (SSSR count). The number of benzene rings is 1. The van der Waals surface area contributed by atoms with Crippen LogP contribution in [0.2, 0.25) is 0 Å². The SMILES string of the molecule is CN(Cc1cc(F)c(F)c(F)c1)C(N)=O. The lowest BCUT2D eigenvalue weighted by Crippen LogP contribution is -2.31. The van der Waals surface area contributed by atoms with Crippen LogP contribution < -0.4 is 5.73 Å². The first-order valence-corrected chi connectivity index (χ1v) is 4.06. The molecule has 0 saturated carbocycles. The van der Waals surface area contributed by atoms with Gasteiger partial charge in [0.25, 0.3) is 0 Å². The first kappa shape index (κ1) is 11.4. The van der Waals surface area contributed by atoms with Gasteiger partial charge in [0.15, 0.2) is 17.5 Å². The molecule has 82 valence electrons. The molecule has 3 nitrogen and oxygen atoms in total. The molecule has 0 aromatic heterocycles. The van der Waals surface area contributed by atoms with E-state index in [-0.39, 0.29) is 12.1 Å². The Kier molecular flexibility index (Phi) is 3.18. The lowest BCUT2D eigenvalue weighted by Gasteiger charge is -2.14. The van der Waals surface area contributed by atoms with Gasteiger partial charge in [0.2, 0.25) is 0 Å². The minimum absolute atomic E-state index is 0.0799. The summed E-state index contributed by atoms with van der Waals surface area (Å²) in [6, 6.07) is 0.899. The molecule has 2 amide bonds. The minimum Gasteiger partial charge on any atom is -0.351 e. The van der Waals surface area contributed by atoms with E-state index in [1.54, 1.807) is 0 Å². The maximum atomic E-state index is 12.7. The van der Waals surface area contributed by atoms with E-state index in [4.69, 9.17) is 5.73 Å². The summed E-state index contributed by atoms with van der Waals surface area (Å²) < 4.78 is 38.0. The van der Waals surface area contributed by atoms with Gasteiger partial charge >= 0.3 is 6.03 Å². The zero-order valence-electron chi connectivity index (χ0n) is 7.93. The van der Waals surface area contributed by atoms with Crippen LogP contribution in [0.3, 0.4) is 0 Å². The Morgan fingerprint density at radius 1 is 1.33 bits per heavy atom. The van der Waals surface area contributed by atoms with Crippen LogP contribution in [-0.2, 0) is 6.54 Å². The van der Waals surface area contributed by atoms with Crippen LogP contribution >= 0.6 is 0 Å². The Bertz CT molecular complexity index is 372. The number of primary amides is 1. The fourth-order valence-corrected chi connectivity index (χ4v) is 1.05. The highest BCUT2D eigenvalue weighted by Gasteiger charge is 2.12. The number of hydrogen-bond donors (Lipinski definition) is 1. The Morgan fingerprint density at radius 3 is 2.20 bits per heavy atom. The Balaban J connectivity index is 2.92. The molecule has 6 heteroatoms. The third-order valence-electron chi connectivity index (χ3n) is 1.84. The van der Waals surface area contributed by atoms with Crippen molar-refractivity contribution in [1.82, 2.24) is 4.90 Å². The van der Waals surface area contributed by atoms with Crippen LogP contribution in [0.4, 0.5) is 18.0 Å². The maximum Gasteiger partial charge on any atom is 0.314 e. The van der Waals surface area contributed by atoms with Gasteiger partial charge in [-0.1, -0.05) is 0 Å². The zero-order valence-corrected chi connectivity index (χ0v) is 7.93. The van der Waals surface area contributed by atoms with Crippen molar-refractivity contribution in [3.8, 4) is 0 Å². The average molecular weight is 218 g/mol. The Hall–Kier alpha value is -1.72. The normalized spacial score (nSPS) is 10.1.